The topological polar surface area (TPSA) is 105 Å². The Hall–Kier alpha value is -1.00. The van der Waals surface area contributed by atoms with Gasteiger partial charge >= 0.3 is 5.97 Å². The summed E-state index contributed by atoms with van der Waals surface area (Å²) in [6.07, 6.45) is 1.66. The number of aromatic nitrogens is 3. The second-order valence-electron chi connectivity index (χ2n) is 4.27. The maximum atomic E-state index is 12.5. The highest BCUT2D eigenvalue weighted by molar-refractivity contribution is 9.10. The van der Waals surface area contributed by atoms with Crippen molar-refractivity contribution in [1.29, 1.82) is 0 Å². The van der Waals surface area contributed by atoms with Crippen LogP contribution in [0.15, 0.2) is 9.63 Å². The summed E-state index contributed by atoms with van der Waals surface area (Å²) >= 11 is 3.03. The van der Waals surface area contributed by atoms with Crippen LogP contribution in [0.1, 0.15) is 19.3 Å². The Morgan fingerprint density at radius 2 is 2.16 bits per heavy atom. The van der Waals surface area contributed by atoms with Crippen molar-refractivity contribution in [2.75, 3.05) is 6.54 Å². The molecule has 1 saturated heterocycles. The SMILES string of the molecule is Cn1nnc(Br)c1S(=O)(=O)N1CCCC[C@H]1C(=O)O. The van der Waals surface area contributed by atoms with Crippen LogP contribution in [0.4, 0.5) is 0 Å². The molecule has 0 amide bonds. The predicted octanol–water partition coefficient (Wildman–Crippen LogP) is 0.205. The quantitative estimate of drug-likeness (QED) is 0.833. The van der Waals surface area contributed by atoms with Gasteiger partial charge in [-0.05, 0) is 35.2 Å². The van der Waals surface area contributed by atoms with E-state index in [1.807, 2.05) is 0 Å². The van der Waals surface area contributed by atoms with E-state index < -0.39 is 22.0 Å². The van der Waals surface area contributed by atoms with Gasteiger partial charge in [-0.1, -0.05) is 5.21 Å². The fourth-order valence-electron chi connectivity index (χ4n) is 2.15. The maximum Gasteiger partial charge on any atom is 0.322 e. The van der Waals surface area contributed by atoms with Crippen LogP contribution >= 0.6 is 15.9 Å². The van der Waals surface area contributed by atoms with E-state index in [4.69, 9.17) is 5.11 Å². The van der Waals surface area contributed by atoms with Gasteiger partial charge in [-0.25, -0.2) is 13.1 Å². The van der Waals surface area contributed by atoms with Crippen LogP contribution in [0.5, 0.6) is 0 Å². The zero-order valence-corrected chi connectivity index (χ0v) is 12.6. The van der Waals surface area contributed by atoms with Crippen LogP contribution in [0, 0.1) is 0 Å². The van der Waals surface area contributed by atoms with Crippen molar-refractivity contribution >= 4 is 31.9 Å². The maximum absolute atomic E-state index is 12.5. The lowest BCUT2D eigenvalue weighted by Gasteiger charge is -2.31. The van der Waals surface area contributed by atoms with E-state index in [0.29, 0.717) is 19.3 Å². The molecule has 8 nitrogen and oxygen atoms in total. The van der Waals surface area contributed by atoms with Gasteiger partial charge in [-0.3, -0.25) is 4.79 Å². The summed E-state index contributed by atoms with van der Waals surface area (Å²) in [5.41, 5.74) is 0. The van der Waals surface area contributed by atoms with Crippen LogP contribution < -0.4 is 0 Å². The zero-order valence-electron chi connectivity index (χ0n) is 10.2. The minimum absolute atomic E-state index is 0.0877. The van der Waals surface area contributed by atoms with Gasteiger partial charge in [-0.15, -0.1) is 5.10 Å². The van der Waals surface area contributed by atoms with E-state index in [1.165, 1.54) is 7.05 Å². The van der Waals surface area contributed by atoms with E-state index in [-0.39, 0.29) is 16.2 Å². The van der Waals surface area contributed by atoms with Crippen LogP contribution in [0.25, 0.3) is 0 Å². The number of rotatable bonds is 3. The smallest absolute Gasteiger partial charge is 0.322 e. The molecule has 0 aliphatic carbocycles. The minimum Gasteiger partial charge on any atom is -0.480 e. The molecule has 10 heteroatoms. The third-order valence-corrected chi connectivity index (χ3v) is 5.83. The highest BCUT2D eigenvalue weighted by Gasteiger charge is 2.40. The number of aryl methyl sites for hydroxylation is 1. The van der Waals surface area contributed by atoms with E-state index in [0.717, 1.165) is 8.99 Å². The Labute approximate surface area is 118 Å². The van der Waals surface area contributed by atoms with Gasteiger partial charge in [0.15, 0.2) is 4.60 Å². The first kappa shape index (κ1) is 14.4. The molecule has 1 atom stereocenters. The highest BCUT2D eigenvalue weighted by Crippen LogP contribution is 2.28. The second kappa shape index (κ2) is 5.17. The number of carbonyl (C=O) groups is 1. The summed E-state index contributed by atoms with van der Waals surface area (Å²) in [6.45, 7) is 0.191. The number of nitrogens with zero attached hydrogens (tertiary/aromatic N) is 4. The highest BCUT2D eigenvalue weighted by atomic mass is 79.9. The summed E-state index contributed by atoms with van der Waals surface area (Å²) in [4.78, 5) is 11.2. The van der Waals surface area contributed by atoms with Gasteiger partial charge in [0.2, 0.25) is 5.03 Å². The van der Waals surface area contributed by atoms with Crippen LogP contribution in [-0.2, 0) is 21.9 Å². The molecule has 19 heavy (non-hydrogen) atoms. The molecule has 1 fully saturated rings. The van der Waals surface area contributed by atoms with Gasteiger partial charge in [0.1, 0.15) is 6.04 Å². The lowest BCUT2D eigenvalue weighted by atomic mass is 10.1. The summed E-state index contributed by atoms with van der Waals surface area (Å²) < 4.78 is 27.3. The van der Waals surface area contributed by atoms with Gasteiger partial charge < -0.3 is 5.11 Å². The summed E-state index contributed by atoms with van der Waals surface area (Å²) in [5.74, 6) is -1.13. The molecule has 0 aromatic carbocycles. The minimum atomic E-state index is -3.93. The number of sulfonamides is 1. The molecule has 0 spiro atoms. The molecule has 1 aromatic heterocycles. The largest absolute Gasteiger partial charge is 0.480 e. The van der Waals surface area contributed by atoms with Crippen molar-refractivity contribution in [2.24, 2.45) is 7.05 Å². The number of hydrogen-bond acceptors (Lipinski definition) is 5. The molecule has 1 N–H and O–H groups in total. The van der Waals surface area contributed by atoms with Gasteiger partial charge in [-0.2, -0.15) is 4.31 Å². The van der Waals surface area contributed by atoms with E-state index in [2.05, 4.69) is 26.2 Å². The fourth-order valence-corrected chi connectivity index (χ4v) is 4.83. The molecule has 1 aliphatic rings. The monoisotopic (exact) mass is 352 g/mol. The molecule has 1 aliphatic heterocycles. The third-order valence-electron chi connectivity index (χ3n) is 3.03. The van der Waals surface area contributed by atoms with Crippen molar-refractivity contribution < 1.29 is 18.3 Å². The number of piperidine rings is 1. The van der Waals surface area contributed by atoms with Crippen molar-refractivity contribution in [1.82, 2.24) is 19.3 Å². The molecule has 0 radical (unpaired) electrons. The molecule has 0 bridgehead atoms. The van der Waals surface area contributed by atoms with Crippen molar-refractivity contribution in [3.63, 3.8) is 0 Å². The number of carboxylic acids is 1. The van der Waals surface area contributed by atoms with Crippen LogP contribution in [0.3, 0.4) is 0 Å². The first-order valence-corrected chi connectivity index (χ1v) is 7.89. The van der Waals surface area contributed by atoms with Gasteiger partial charge in [0, 0.05) is 13.6 Å². The molecule has 2 rings (SSSR count). The van der Waals surface area contributed by atoms with Crippen molar-refractivity contribution in [3.8, 4) is 0 Å². The van der Waals surface area contributed by atoms with E-state index >= 15 is 0 Å². The number of hydrogen-bond donors (Lipinski definition) is 1. The first-order chi connectivity index (χ1) is 8.85. The number of carboxylic acid groups (broad SMARTS) is 1. The molecular weight excluding hydrogens is 340 g/mol. The molecule has 106 valence electrons. The van der Waals surface area contributed by atoms with Crippen molar-refractivity contribution in [2.45, 2.75) is 30.3 Å². The Morgan fingerprint density at radius 1 is 1.47 bits per heavy atom. The zero-order chi connectivity index (χ0) is 14.2. The summed E-state index contributed by atoms with van der Waals surface area (Å²) in [7, 11) is -2.48. The lowest BCUT2D eigenvalue weighted by molar-refractivity contribution is -0.142. The molecule has 0 saturated carbocycles. The Morgan fingerprint density at radius 3 is 2.68 bits per heavy atom. The third kappa shape index (κ3) is 2.51. The number of halogens is 1. The molecular formula is C9H13BrN4O4S. The average molecular weight is 353 g/mol. The first-order valence-electron chi connectivity index (χ1n) is 5.65. The molecule has 2 heterocycles. The normalized spacial score (nSPS) is 21.5. The van der Waals surface area contributed by atoms with Crippen LogP contribution in [-0.4, -0.2) is 51.4 Å². The van der Waals surface area contributed by atoms with E-state index in [9.17, 15) is 13.2 Å². The Balaban J connectivity index is 2.46. The standard InChI is InChI=1S/C9H13BrN4O4S/c1-13-8(7(10)11-12-13)19(17,18)14-5-3-2-4-6(14)9(15)16/h6H,2-5H2,1H3,(H,15,16)/t6-/m0/s1. The van der Waals surface area contributed by atoms with Crippen molar-refractivity contribution in [3.05, 3.63) is 4.60 Å². The van der Waals surface area contributed by atoms with Gasteiger partial charge in [0.25, 0.3) is 10.0 Å². The summed E-state index contributed by atoms with van der Waals surface area (Å²) in [6, 6.07) is -1.03. The fraction of sp³-hybridized carbons (Fsp3) is 0.667. The van der Waals surface area contributed by atoms with E-state index in [1.54, 1.807) is 0 Å². The lowest BCUT2D eigenvalue weighted by Crippen LogP contribution is -2.48. The Kier molecular flexibility index (Phi) is 3.92. The Bertz CT molecular complexity index is 580. The molecule has 1 aromatic rings. The van der Waals surface area contributed by atoms with Gasteiger partial charge in [0.05, 0.1) is 0 Å². The summed E-state index contributed by atoms with van der Waals surface area (Å²) in [5, 5.41) is 16.3. The average Bonchev–Trinajstić information content (AvgIpc) is 2.69. The molecule has 0 unspecified atom stereocenters. The second-order valence-corrected chi connectivity index (χ2v) is 6.83. The van der Waals surface area contributed by atoms with Crippen LogP contribution in [0.2, 0.25) is 0 Å². The predicted molar refractivity (Wildman–Crippen MR) is 67.9 cm³/mol. The number of aliphatic carboxylic acids is 1.